The Morgan fingerprint density at radius 2 is 1.88 bits per heavy atom. The Bertz CT molecular complexity index is 727. The van der Waals surface area contributed by atoms with Gasteiger partial charge in [0.1, 0.15) is 17.8 Å². The van der Waals surface area contributed by atoms with Crippen molar-refractivity contribution in [2.75, 3.05) is 23.3 Å². The summed E-state index contributed by atoms with van der Waals surface area (Å²) >= 11 is 3.48. The summed E-state index contributed by atoms with van der Waals surface area (Å²) in [6, 6.07) is 7.52. The van der Waals surface area contributed by atoms with Crippen LogP contribution < -0.4 is 10.2 Å². The maximum absolute atomic E-state index is 12.5. The predicted molar refractivity (Wildman–Crippen MR) is 99.5 cm³/mol. The number of amides is 1. The molecule has 0 unspecified atom stereocenters. The monoisotopic (exact) mass is 388 g/mol. The molecule has 0 atom stereocenters. The van der Waals surface area contributed by atoms with Crippen LogP contribution in [0.5, 0.6) is 0 Å². The van der Waals surface area contributed by atoms with Gasteiger partial charge in [0.15, 0.2) is 0 Å². The van der Waals surface area contributed by atoms with Crippen molar-refractivity contribution in [2.45, 2.75) is 32.6 Å². The van der Waals surface area contributed by atoms with Crippen molar-refractivity contribution in [2.24, 2.45) is 0 Å². The molecule has 0 bridgehead atoms. The first kappa shape index (κ1) is 16.9. The molecule has 0 aliphatic carbocycles. The second-order valence-corrected chi connectivity index (χ2v) is 6.94. The minimum atomic E-state index is -0.218. The van der Waals surface area contributed by atoms with Gasteiger partial charge in [-0.15, -0.1) is 0 Å². The molecule has 1 aromatic carbocycles. The van der Waals surface area contributed by atoms with Crippen LogP contribution in [-0.4, -0.2) is 29.0 Å². The van der Waals surface area contributed by atoms with E-state index in [0.29, 0.717) is 5.69 Å². The number of nitrogens with zero attached hydrogens (tertiary/aromatic N) is 3. The van der Waals surface area contributed by atoms with Crippen LogP contribution in [0, 0.1) is 6.92 Å². The van der Waals surface area contributed by atoms with Crippen molar-refractivity contribution in [3.05, 3.63) is 46.3 Å². The van der Waals surface area contributed by atoms with Crippen molar-refractivity contribution in [1.82, 2.24) is 9.97 Å². The van der Waals surface area contributed by atoms with E-state index >= 15 is 0 Å². The largest absolute Gasteiger partial charge is 0.357 e. The van der Waals surface area contributed by atoms with Gasteiger partial charge in [0.05, 0.1) is 0 Å². The van der Waals surface area contributed by atoms with Crippen molar-refractivity contribution in [3.8, 4) is 0 Å². The van der Waals surface area contributed by atoms with Crippen LogP contribution in [0.4, 0.5) is 11.5 Å². The number of carbonyl (C=O) groups excluding carboxylic acids is 1. The van der Waals surface area contributed by atoms with Gasteiger partial charge in [-0.25, -0.2) is 9.97 Å². The van der Waals surface area contributed by atoms with Crippen molar-refractivity contribution in [1.29, 1.82) is 0 Å². The topological polar surface area (TPSA) is 58.1 Å². The number of hydrogen-bond acceptors (Lipinski definition) is 4. The van der Waals surface area contributed by atoms with E-state index in [2.05, 4.69) is 36.1 Å². The minimum absolute atomic E-state index is 0.218. The third-order valence-corrected chi connectivity index (χ3v) is 5.10. The molecule has 1 aliphatic heterocycles. The van der Waals surface area contributed by atoms with E-state index in [9.17, 15) is 4.79 Å². The highest BCUT2D eigenvalue weighted by Gasteiger charge is 2.15. The lowest BCUT2D eigenvalue weighted by Crippen LogP contribution is -2.25. The van der Waals surface area contributed by atoms with Crippen LogP contribution in [0.15, 0.2) is 35.1 Å². The zero-order chi connectivity index (χ0) is 16.9. The molecule has 24 heavy (non-hydrogen) atoms. The Kier molecular flexibility index (Phi) is 5.45. The van der Waals surface area contributed by atoms with Gasteiger partial charge in [0.2, 0.25) is 0 Å². The summed E-state index contributed by atoms with van der Waals surface area (Å²) in [7, 11) is 0. The quantitative estimate of drug-likeness (QED) is 0.856. The molecule has 1 saturated heterocycles. The molecular weight excluding hydrogens is 368 g/mol. The van der Waals surface area contributed by atoms with Crippen LogP contribution in [0.2, 0.25) is 0 Å². The number of rotatable bonds is 3. The molecule has 126 valence electrons. The summed E-state index contributed by atoms with van der Waals surface area (Å²) in [5, 5.41) is 2.89. The Morgan fingerprint density at radius 1 is 1.12 bits per heavy atom. The van der Waals surface area contributed by atoms with Gasteiger partial charge in [-0.2, -0.15) is 0 Å². The van der Waals surface area contributed by atoms with Gasteiger partial charge in [0.25, 0.3) is 5.91 Å². The molecule has 1 amide bonds. The number of carbonyl (C=O) groups is 1. The molecule has 1 aliphatic rings. The summed E-state index contributed by atoms with van der Waals surface area (Å²) in [5.41, 5.74) is 2.26. The minimum Gasteiger partial charge on any atom is -0.357 e. The predicted octanol–water partition coefficient (Wildman–Crippen LogP) is 4.18. The highest BCUT2D eigenvalue weighted by Crippen LogP contribution is 2.22. The molecule has 0 radical (unpaired) electrons. The van der Waals surface area contributed by atoms with E-state index in [-0.39, 0.29) is 5.91 Å². The fraction of sp³-hybridized carbons (Fsp3) is 0.389. The van der Waals surface area contributed by atoms with E-state index in [0.717, 1.165) is 34.6 Å². The standard InChI is InChI=1S/C18H21BrN4O/c1-13-6-7-14(10-15(13)19)22-18(24)16-11-17(21-12-20-16)23-8-4-2-3-5-9-23/h6-7,10-12H,2-5,8-9H2,1H3,(H,22,24). The van der Waals surface area contributed by atoms with E-state index in [1.54, 1.807) is 6.07 Å². The van der Waals surface area contributed by atoms with Crippen molar-refractivity contribution >= 4 is 33.3 Å². The van der Waals surface area contributed by atoms with Crippen LogP contribution in [-0.2, 0) is 0 Å². The second-order valence-electron chi connectivity index (χ2n) is 6.08. The molecule has 0 spiro atoms. The first-order valence-corrected chi connectivity index (χ1v) is 9.07. The van der Waals surface area contributed by atoms with E-state index in [1.807, 2.05) is 25.1 Å². The average Bonchev–Trinajstić information content (AvgIpc) is 2.88. The highest BCUT2D eigenvalue weighted by atomic mass is 79.9. The number of halogens is 1. The Morgan fingerprint density at radius 3 is 2.58 bits per heavy atom. The Labute approximate surface area is 150 Å². The van der Waals surface area contributed by atoms with Crippen molar-refractivity contribution in [3.63, 3.8) is 0 Å². The fourth-order valence-corrected chi connectivity index (χ4v) is 3.19. The number of benzene rings is 1. The van der Waals surface area contributed by atoms with Crippen LogP contribution in [0.3, 0.4) is 0 Å². The van der Waals surface area contributed by atoms with Gasteiger partial charge in [0, 0.05) is 29.3 Å². The van der Waals surface area contributed by atoms with Crippen molar-refractivity contribution < 1.29 is 4.79 Å². The number of hydrogen-bond donors (Lipinski definition) is 1. The normalized spacial score (nSPS) is 15.0. The Hall–Kier alpha value is -1.95. The van der Waals surface area contributed by atoms with Gasteiger partial charge in [-0.05, 0) is 37.5 Å². The summed E-state index contributed by atoms with van der Waals surface area (Å²) in [4.78, 5) is 23.2. The van der Waals surface area contributed by atoms with Gasteiger partial charge >= 0.3 is 0 Å². The summed E-state index contributed by atoms with van der Waals surface area (Å²) in [6.45, 7) is 3.99. The van der Waals surface area contributed by atoms with Crippen LogP contribution in [0.25, 0.3) is 0 Å². The Balaban J connectivity index is 1.74. The van der Waals surface area contributed by atoms with Gasteiger partial charge < -0.3 is 10.2 Å². The third kappa shape index (κ3) is 4.12. The highest BCUT2D eigenvalue weighted by molar-refractivity contribution is 9.10. The first-order chi connectivity index (χ1) is 11.6. The molecular formula is C18H21BrN4O. The maximum Gasteiger partial charge on any atom is 0.274 e. The zero-order valence-electron chi connectivity index (χ0n) is 13.8. The SMILES string of the molecule is Cc1ccc(NC(=O)c2cc(N3CCCCCC3)ncn2)cc1Br. The van der Waals surface area contributed by atoms with Crippen LogP contribution >= 0.6 is 15.9 Å². The molecule has 1 aromatic heterocycles. The average molecular weight is 389 g/mol. The molecule has 6 heteroatoms. The van der Waals surface area contributed by atoms with Crippen LogP contribution in [0.1, 0.15) is 41.7 Å². The number of aryl methyl sites for hydroxylation is 1. The molecule has 2 aromatic rings. The maximum atomic E-state index is 12.5. The lowest BCUT2D eigenvalue weighted by Gasteiger charge is -2.21. The molecule has 3 rings (SSSR count). The van der Waals surface area contributed by atoms with E-state index in [4.69, 9.17) is 0 Å². The van der Waals surface area contributed by atoms with Gasteiger partial charge in [-0.3, -0.25) is 4.79 Å². The molecule has 2 heterocycles. The number of aromatic nitrogens is 2. The third-order valence-electron chi connectivity index (χ3n) is 4.25. The molecule has 0 saturated carbocycles. The molecule has 1 fully saturated rings. The molecule has 1 N–H and O–H groups in total. The summed E-state index contributed by atoms with van der Waals surface area (Å²) < 4.78 is 0.966. The number of nitrogens with one attached hydrogen (secondary N) is 1. The number of anilines is 2. The zero-order valence-corrected chi connectivity index (χ0v) is 15.3. The van der Waals surface area contributed by atoms with E-state index < -0.39 is 0 Å². The summed E-state index contributed by atoms with van der Waals surface area (Å²) in [5.74, 6) is 0.617. The first-order valence-electron chi connectivity index (χ1n) is 8.28. The van der Waals surface area contributed by atoms with Gasteiger partial charge in [-0.1, -0.05) is 34.8 Å². The lowest BCUT2D eigenvalue weighted by atomic mass is 10.2. The molecule has 5 nitrogen and oxygen atoms in total. The summed E-state index contributed by atoms with van der Waals surface area (Å²) in [6.07, 6.45) is 6.33. The fourth-order valence-electron chi connectivity index (χ4n) is 2.81. The second kappa shape index (κ2) is 7.75. The smallest absolute Gasteiger partial charge is 0.274 e. The lowest BCUT2D eigenvalue weighted by molar-refractivity contribution is 0.102. The van der Waals surface area contributed by atoms with E-state index in [1.165, 1.54) is 32.0 Å².